The molecule has 0 aliphatic rings. The molecule has 1 aromatic carbocycles. The second kappa shape index (κ2) is 7.17. The van der Waals surface area contributed by atoms with E-state index in [2.05, 4.69) is 4.98 Å². The lowest BCUT2D eigenvalue weighted by molar-refractivity contribution is 0.0792. The predicted octanol–water partition coefficient (Wildman–Crippen LogP) is 3.13. The van der Waals surface area contributed by atoms with Crippen LogP contribution in [0.5, 0.6) is 5.75 Å². The lowest BCUT2D eigenvalue weighted by Gasteiger charge is -2.16. The van der Waals surface area contributed by atoms with Crippen molar-refractivity contribution in [1.82, 2.24) is 9.88 Å². The molecule has 2 rings (SSSR count). The monoisotopic (exact) mass is 308 g/mol. The maximum atomic E-state index is 12.7. The smallest absolute Gasteiger partial charge is 0.265 e. The Morgan fingerprint density at radius 3 is 2.71 bits per heavy atom. The standard InChI is InChI=1S/C15H17FN2O2S/c1-11-17-10-14(21-11)15(19)18(2)8-3-9-20-13-6-4-12(16)5-7-13/h4-7,10H,3,8-9H2,1-2H3. The van der Waals surface area contributed by atoms with Gasteiger partial charge < -0.3 is 9.64 Å². The van der Waals surface area contributed by atoms with Crippen molar-refractivity contribution in [2.75, 3.05) is 20.2 Å². The largest absolute Gasteiger partial charge is 0.494 e. The van der Waals surface area contributed by atoms with Crippen LogP contribution in [0, 0.1) is 12.7 Å². The number of aryl methyl sites for hydroxylation is 1. The van der Waals surface area contributed by atoms with Crippen molar-refractivity contribution in [3.8, 4) is 5.75 Å². The van der Waals surface area contributed by atoms with E-state index in [1.54, 1.807) is 30.3 Å². The molecule has 0 spiro atoms. The molecule has 21 heavy (non-hydrogen) atoms. The summed E-state index contributed by atoms with van der Waals surface area (Å²) in [4.78, 5) is 18.5. The molecule has 0 aliphatic heterocycles. The van der Waals surface area contributed by atoms with Gasteiger partial charge in [-0.05, 0) is 37.6 Å². The first-order valence-corrected chi connectivity index (χ1v) is 7.44. The number of carbonyl (C=O) groups is 1. The number of rotatable bonds is 6. The molecular weight excluding hydrogens is 291 g/mol. The zero-order valence-corrected chi connectivity index (χ0v) is 12.8. The number of thiazole rings is 1. The molecule has 1 heterocycles. The summed E-state index contributed by atoms with van der Waals surface area (Å²) in [5, 5.41) is 0.881. The fourth-order valence-electron chi connectivity index (χ4n) is 1.77. The highest BCUT2D eigenvalue weighted by atomic mass is 32.1. The van der Waals surface area contributed by atoms with E-state index < -0.39 is 0 Å². The van der Waals surface area contributed by atoms with Gasteiger partial charge in [0.05, 0.1) is 17.8 Å². The van der Waals surface area contributed by atoms with E-state index in [0.717, 1.165) is 5.01 Å². The Hall–Kier alpha value is -1.95. The van der Waals surface area contributed by atoms with Crippen LogP contribution in [-0.4, -0.2) is 36.0 Å². The number of halogens is 1. The van der Waals surface area contributed by atoms with Gasteiger partial charge in [-0.25, -0.2) is 9.37 Å². The minimum Gasteiger partial charge on any atom is -0.494 e. The van der Waals surface area contributed by atoms with E-state index in [0.29, 0.717) is 30.2 Å². The minimum absolute atomic E-state index is 0.0256. The van der Waals surface area contributed by atoms with Crippen molar-refractivity contribution in [2.24, 2.45) is 0 Å². The topological polar surface area (TPSA) is 42.4 Å². The molecule has 0 fully saturated rings. The van der Waals surface area contributed by atoms with Crippen molar-refractivity contribution in [2.45, 2.75) is 13.3 Å². The van der Waals surface area contributed by atoms with E-state index >= 15 is 0 Å². The Bertz CT molecular complexity index is 598. The number of benzene rings is 1. The summed E-state index contributed by atoms with van der Waals surface area (Å²) < 4.78 is 18.2. The first-order valence-electron chi connectivity index (χ1n) is 6.62. The van der Waals surface area contributed by atoms with Crippen LogP contribution in [0.3, 0.4) is 0 Å². The third-order valence-electron chi connectivity index (χ3n) is 2.90. The van der Waals surface area contributed by atoms with Crippen molar-refractivity contribution in [3.63, 3.8) is 0 Å². The Kier molecular flexibility index (Phi) is 5.27. The summed E-state index contributed by atoms with van der Waals surface area (Å²) in [6.45, 7) is 2.94. The maximum Gasteiger partial charge on any atom is 0.265 e. The van der Waals surface area contributed by atoms with E-state index in [1.165, 1.54) is 23.5 Å². The summed E-state index contributed by atoms with van der Waals surface area (Å²) in [7, 11) is 1.76. The fraction of sp³-hybridized carbons (Fsp3) is 0.333. The normalized spacial score (nSPS) is 10.4. The fourth-order valence-corrected chi connectivity index (χ4v) is 2.54. The van der Waals surface area contributed by atoms with Crippen LogP contribution >= 0.6 is 11.3 Å². The van der Waals surface area contributed by atoms with Crippen LogP contribution in [0.25, 0.3) is 0 Å². The Labute approximate surface area is 127 Å². The number of hydrogen-bond donors (Lipinski definition) is 0. The lowest BCUT2D eigenvalue weighted by Crippen LogP contribution is -2.28. The molecule has 6 heteroatoms. The molecule has 112 valence electrons. The number of carbonyl (C=O) groups excluding carboxylic acids is 1. The molecule has 4 nitrogen and oxygen atoms in total. The van der Waals surface area contributed by atoms with Gasteiger partial charge in [-0.2, -0.15) is 0 Å². The van der Waals surface area contributed by atoms with E-state index in [4.69, 9.17) is 4.74 Å². The average Bonchev–Trinajstić information content (AvgIpc) is 2.91. The molecule has 0 saturated heterocycles. The summed E-state index contributed by atoms with van der Waals surface area (Å²) in [6.07, 6.45) is 2.31. The van der Waals surface area contributed by atoms with Gasteiger partial charge >= 0.3 is 0 Å². The van der Waals surface area contributed by atoms with E-state index in [1.807, 2.05) is 6.92 Å². The highest BCUT2D eigenvalue weighted by Crippen LogP contribution is 2.14. The van der Waals surface area contributed by atoms with Crippen molar-refractivity contribution in [3.05, 3.63) is 46.2 Å². The highest BCUT2D eigenvalue weighted by molar-refractivity contribution is 7.13. The number of amides is 1. The Morgan fingerprint density at radius 2 is 2.10 bits per heavy atom. The summed E-state index contributed by atoms with van der Waals surface area (Å²) in [6, 6.07) is 5.89. The van der Waals surface area contributed by atoms with Crippen molar-refractivity contribution in [1.29, 1.82) is 0 Å². The second-order valence-corrected chi connectivity index (χ2v) is 5.86. The molecular formula is C15H17FN2O2S. The van der Waals surface area contributed by atoms with E-state index in [9.17, 15) is 9.18 Å². The molecule has 0 bridgehead atoms. The van der Waals surface area contributed by atoms with Crippen LogP contribution in [0.4, 0.5) is 4.39 Å². The third-order valence-corrected chi connectivity index (χ3v) is 3.80. The molecule has 0 aliphatic carbocycles. The van der Waals surface area contributed by atoms with Crippen LogP contribution in [0.2, 0.25) is 0 Å². The maximum absolute atomic E-state index is 12.7. The Morgan fingerprint density at radius 1 is 1.38 bits per heavy atom. The molecule has 1 aromatic heterocycles. The van der Waals surface area contributed by atoms with Gasteiger partial charge in [-0.3, -0.25) is 4.79 Å². The summed E-state index contributed by atoms with van der Waals surface area (Å²) >= 11 is 1.39. The van der Waals surface area contributed by atoms with Gasteiger partial charge in [0.2, 0.25) is 0 Å². The number of hydrogen-bond acceptors (Lipinski definition) is 4. The first kappa shape index (κ1) is 15.4. The molecule has 2 aromatic rings. The zero-order valence-electron chi connectivity index (χ0n) is 12.0. The Balaban J connectivity index is 1.73. The van der Waals surface area contributed by atoms with Gasteiger partial charge in [0.15, 0.2) is 0 Å². The second-order valence-electron chi connectivity index (χ2n) is 4.63. The quantitative estimate of drug-likeness (QED) is 0.770. The molecule has 0 atom stereocenters. The van der Waals surface area contributed by atoms with Crippen LogP contribution in [-0.2, 0) is 0 Å². The van der Waals surface area contributed by atoms with Gasteiger partial charge in [0, 0.05) is 13.6 Å². The summed E-state index contributed by atoms with van der Waals surface area (Å²) in [5.74, 6) is 0.318. The van der Waals surface area contributed by atoms with Gasteiger partial charge in [-0.15, -0.1) is 11.3 Å². The number of ether oxygens (including phenoxy) is 1. The minimum atomic E-state index is -0.285. The van der Waals surface area contributed by atoms with Gasteiger partial charge in [-0.1, -0.05) is 0 Å². The van der Waals surface area contributed by atoms with Crippen molar-refractivity contribution < 1.29 is 13.9 Å². The number of nitrogens with zero attached hydrogens (tertiary/aromatic N) is 2. The SMILES string of the molecule is Cc1ncc(C(=O)N(C)CCCOc2ccc(F)cc2)s1. The van der Waals surface area contributed by atoms with Gasteiger partial charge in [0.25, 0.3) is 5.91 Å². The van der Waals surface area contributed by atoms with Gasteiger partial charge in [0.1, 0.15) is 16.4 Å². The number of aromatic nitrogens is 1. The van der Waals surface area contributed by atoms with Crippen LogP contribution in [0.1, 0.15) is 21.1 Å². The van der Waals surface area contributed by atoms with Crippen LogP contribution < -0.4 is 4.74 Å². The molecule has 0 unspecified atom stereocenters. The molecule has 0 radical (unpaired) electrons. The molecule has 0 N–H and O–H groups in total. The molecule has 0 saturated carbocycles. The van der Waals surface area contributed by atoms with E-state index in [-0.39, 0.29) is 11.7 Å². The molecule has 1 amide bonds. The predicted molar refractivity (Wildman–Crippen MR) is 80.3 cm³/mol. The van der Waals surface area contributed by atoms with Crippen molar-refractivity contribution >= 4 is 17.2 Å². The average molecular weight is 308 g/mol. The highest BCUT2D eigenvalue weighted by Gasteiger charge is 2.13. The summed E-state index contributed by atoms with van der Waals surface area (Å²) in [5.41, 5.74) is 0. The van der Waals surface area contributed by atoms with Crippen LogP contribution in [0.15, 0.2) is 30.5 Å². The first-order chi connectivity index (χ1) is 10.1. The lowest BCUT2D eigenvalue weighted by atomic mass is 10.3. The zero-order chi connectivity index (χ0) is 15.2. The third kappa shape index (κ3) is 4.53.